The molecule has 1 atom stereocenters. The van der Waals surface area contributed by atoms with Crippen molar-refractivity contribution < 1.29 is 27.8 Å². The number of ether oxygens (including phenoxy) is 2. The maximum atomic E-state index is 13.8. The van der Waals surface area contributed by atoms with Crippen LogP contribution in [0.25, 0.3) is 0 Å². The largest absolute Gasteiger partial charge is 0.497 e. The van der Waals surface area contributed by atoms with Gasteiger partial charge in [-0.05, 0) is 37.3 Å². The van der Waals surface area contributed by atoms with Gasteiger partial charge in [0.2, 0.25) is 0 Å². The summed E-state index contributed by atoms with van der Waals surface area (Å²) in [5, 5.41) is 2.43. The summed E-state index contributed by atoms with van der Waals surface area (Å²) in [6.45, 7) is 1.28. The van der Waals surface area contributed by atoms with Crippen LogP contribution in [0.1, 0.15) is 17.3 Å². The van der Waals surface area contributed by atoms with E-state index in [-0.39, 0.29) is 22.0 Å². The number of anilines is 1. The van der Waals surface area contributed by atoms with E-state index in [1.54, 1.807) is 0 Å². The van der Waals surface area contributed by atoms with Crippen LogP contribution >= 0.6 is 11.6 Å². The Hall–Kier alpha value is -2.67. The third-order valence-electron chi connectivity index (χ3n) is 3.24. The van der Waals surface area contributed by atoms with Gasteiger partial charge in [-0.2, -0.15) is 0 Å². The number of rotatable bonds is 5. The molecule has 132 valence electrons. The maximum Gasteiger partial charge on any atom is 0.341 e. The molecular formula is C17H14ClF2NO4. The summed E-state index contributed by atoms with van der Waals surface area (Å²) in [7, 11) is 1.36. The quantitative estimate of drug-likeness (QED) is 0.814. The fourth-order valence-corrected chi connectivity index (χ4v) is 2.05. The van der Waals surface area contributed by atoms with E-state index in [0.717, 1.165) is 12.1 Å². The Bertz CT molecular complexity index is 813. The number of benzene rings is 2. The summed E-state index contributed by atoms with van der Waals surface area (Å²) in [5.74, 6) is -3.15. The van der Waals surface area contributed by atoms with Gasteiger partial charge in [0.05, 0.1) is 18.4 Å². The van der Waals surface area contributed by atoms with Gasteiger partial charge in [0.25, 0.3) is 5.91 Å². The second kappa shape index (κ2) is 7.94. The minimum atomic E-state index is -1.27. The van der Waals surface area contributed by atoms with Gasteiger partial charge in [0.15, 0.2) is 6.10 Å². The molecule has 2 rings (SSSR count). The highest BCUT2D eigenvalue weighted by Crippen LogP contribution is 2.20. The van der Waals surface area contributed by atoms with Gasteiger partial charge >= 0.3 is 5.97 Å². The molecule has 0 aliphatic rings. The Morgan fingerprint density at radius 1 is 1.12 bits per heavy atom. The fraction of sp³-hybridized carbons (Fsp3) is 0.176. The molecule has 2 aromatic rings. The monoisotopic (exact) mass is 369 g/mol. The number of carbonyl (C=O) groups is 2. The van der Waals surface area contributed by atoms with Crippen LogP contribution in [0.2, 0.25) is 5.02 Å². The Kier molecular flexibility index (Phi) is 5.93. The molecule has 2 aromatic carbocycles. The van der Waals surface area contributed by atoms with Crippen molar-refractivity contribution in [2.24, 2.45) is 0 Å². The Morgan fingerprint density at radius 3 is 2.44 bits per heavy atom. The summed E-state index contributed by atoms with van der Waals surface area (Å²) in [4.78, 5) is 24.0. The SMILES string of the molecule is COc1ccc(C(=O)O[C@H](C)C(=O)Nc2ccc(Cl)cc2F)c(F)c1. The first-order chi connectivity index (χ1) is 11.8. The summed E-state index contributed by atoms with van der Waals surface area (Å²) >= 11 is 5.62. The lowest BCUT2D eigenvalue weighted by Crippen LogP contribution is -2.30. The molecule has 0 fully saturated rings. The maximum absolute atomic E-state index is 13.8. The van der Waals surface area contributed by atoms with Crippen LogP contribution < -0.4 is 10.1 Å². The van der Waals surface area contributed by atoms with E-state index in [1.807, 2.05) is 0 Å². The second-order valence-electron chi connectivity index (χ2n) is 5.01. The number of carbonyl (C=O) groups excluding carboxylic acids is 2. The van der Waals surface area contributed by atoms with Crippen molar-refractivity contribution in [1.29, 1.82) is 0 Å². The molecular weight excluding hydrogens is 356 g/mol. The highest BCUT2D eigenvalue weighted by Gasteiger charge is 2.22. The summed E-state index contributed by atoms with van der Waals surface area (Å²) in [6.07, 6.45) is -1.27. The molecule has 1 amide bonds. The summed E-state index contributed by atoms with van der Waals surface area (Å²) < 4.78 is 37.2. The second-order valence-corrected chi connectivity index (χ2v) is 5.44. The average molecular weight is 370 g/mol. The van der Waals surface area contributed by atoms with Gasteiger partial charge in [0, 0.05) is 11.1 Å². The lowest BCUT2D eigenvalue weighted by molar-refractivity contribution is -0.123. The van der Waals surface area contributed by atoms with Crippen LogP contribution in [0.3, 0.4) is 0 Å². The van der Waals surface area contributed by atoms with Crippen LogP contribution in [0.15, 0.2) is 36.4 Å². The molecule has 0 heterocycles. The lowest BCUT2D eigenvalue weighted by Gasteiger charge is -2.14. The average Bonchev–Trinajstić information content (AvgIpc) is 2.56. The number of hydrogen-bond acceptors (Lipinski definition) is 4. The Morgan fingerprint density at radius 2 is 1.84 bits per heavy atom. The van der Waals surface area contributed by atoms with Crippen molar-refractivity contribution in [1.82, 2.24) is 0 Å². The number of halogens is 3. The van der Waals surface area contributed by atoms with Gasteiger partial charge in [-0.15, -0.1) is 0 Å². The third-order valence-corrected chi connectivity index (χ3v) is 3.47. The van der Waals surface area contributed by atoms with Gasteiger partial charge in [-0.25, -0.2) is 13.6 Å². The standard InChI is InChI=1S/C17H14ClF2NO4/c1-9(16(22)21-15-6-3-10(18)7-14(15)20)25-17(23)12-5-4-11(24-2)8-13(12)19/h3-9H,1-2H3,(H,21,22)/t9-/m1/s1. The van der Waals surface area contributed by atoms with E-state index in [2.05, 4.69) is 5.32 Å². The molecule has 0 saturated heterocycles. The van der Waals surface area contributed by atoms with E-state index in [0.29, 0.717) is 0 Å². The van der Waals surface area contributed by atoms with Crippen molar-refractivity contribution in [2.75, 3.05) is 12.4 Å². The van der Waals surface area contributed by atoms with E-state index in [9.17, 15) is 18.4 Å². The van der Waals surface area contributed by atoms with E-state index in [4.69, 9.17) is 21.1 Å². The van der Waals surface area contributed by atoms with Crippen LogP contribution in [-0.4, -0.2) is 25.1 Å². The Labute approximate surface area is 147 Å². The van der Waals surface area contributed by atoms with Gasteiger partial charge < -0.3 is 14.8 Å². The minimum Gasteiger partial charge on any atom is -0.497 e. The van der Waals surface area contributed by atoms with Gasteiger partial charge in [0.1, 0.15) is 17.4 Å². The molecule has 8 heteroatoms. The topological polar surface area (TPSA) is 64.6 Å². The zero-order valence-corrected chi connectivity index (χ0v) is 14.1. The van der Waals surface area contributed by atoms with Crippen molar-refractivity contribution in [3.8, 4) is 5.75 Å². The normalized spacial score (nSPS) is 11.6. The van der Waals surface area contributed by atoms with Crippen LogP contribution in [-0.2, 0) is 9.53 Å². The summed E-state index contributed by atoms with van der Waals surface area (Å²) in [6, 6.07) is 7.27. The highest BCUT2D eigenvalue weighted by molar-refractivity contribution is 6.30. The molecule has 0 unspecified atom stereocenters. The van der Waals surface area contributed by atoms with E-state index >= 15 is 0 Å². The Balaban J connectivity index is 2.04. The van der Waals surface area contributed by atoms with Crippen LogP contribution in [0.4, 0.5) is 14.5 Å². The molecule has 25 heavy (non-hydrogen) atoms. The van der Waals surface area contributed by atoms with Crippen LogP contribution in [0, 0.1) is 11.6 Å². The number of hydrogen-bond donors (Lipinski definition) is 1. The first-order valence-corrected chi connectivity index (χ1v) is 7.50. The molecule has 0 aliphatic heterocycles. The first kappa shape index (κ1) is 18.7. The number of methoxy groups -OCH3 is 1. The molecule has 0 aromatic heterocycles. The molecule has 0 spiro atoms. The zero-order chi connectivity index (χ0) is 18.6. The highest BCUT2D eigenvalue weighted by atomic mass is 35.5. The summed E-state index contributed by atoms with van der Waals surface area (Å²) in [5.41, 5.74) is -0.467. The van der Waals surface area contributed by atoms with Gasteiger partial charge in [-0.1, -0.05) is 11.6 Å². The molecule has 0 aliphatic carbocycles. The molecule has 0 saturated carbocycles. The van der Waals surface area contributed by atoms with Crippen LogP contribution in [0.5, 0.6) is 5.75 Å². The van der Waals surface area contributed by atoms with Crippen molar-refractivity contribution in [3.63, 3.8) is 0 Å². The van der Waals surface area contributed by atoms with E-state index < -0.39 is 29.6 Å². The predicted octanol–water partition coefficient (Wildman–Crippen LogP) is 3.81. The lowest BCUT2D eigenvalue weighted by atomic mass is 10.2. The number of esters is 1. The molecule has 5 nitrogen and oxygen atoms in total. The molecule has 0 radical (unpaired) electrons. The van der Waals surface area contributed by atoms with Crippen molar-refractivity contribution in [2.45, 2.75) is 13.0 Å². The molecule has 0 bridgehead atoms. The smallest absolute Gasteiger partial charge is 0.341 e. The van der Waals surface area contributed by atoms with Crippen molar-refractivity contribution >= 4 is 29.2 Å². The number of amides is 1. The predicted molar refractivity (Wildman–Crippen MR) is 87.9 cm³/mol. The third kappa shape index (κ3) is 4.67. The zero-order valence-electron chi connectivity index (χ0n) is 13.3. The minimum absolute atomic E-state index is 0.118. The van der Waals surface area contributed by atoms with Crippen molar-refractivity contribution in [3.05, 3.63) is 58.6 Å². The first-order valence-electron chi connectivity index (χ1n) is 7.12. The van der Waals surface area contributed by atoms with Gasteiger partial charge in [-0.3, -0.25) is 4.79 Å². The molecule has 1 N–H and O–H groups in total. The van der Waals surface area contributed by atoms with E-state index in [1.165, 1.54) is 38.3 Å². The number of nitrogens with one attached hydrogen (secondary N) is 1. The fourth-order valence-electron chi connectivity index (χ4n) is 1.89.